The lowest BCUT2D eigenvalue weighted by atomic mass is 10.1. The van der Waals surface area contributed by atoms with E-state index in [0.717, 1.165) is 24.4 Å². The zero-order valence-corrected chi connectivity index (χ0v) is 15.2. The summed E-state index contributed by atoms with van der Waals surface area (Å²) in [7, 11) is 0. The van der Waals surface area contributed by atoms with Gasteiger partial charge in [0.1, 0.15) is 12.4 Å². The second-order valence-corrected chi connectivity index (χ2v) is 7.00. The number of para-hydroxylation sites is 1. The van der Waals surface area contributed by atoms with Gasteiger partial charge in [0.2, 0.25) is 0 Å². The number of nitrogens with zero attached hydrogens (tertiary/aromatic N) is 2. The van der Waals surface area contributed by atoms with E-state index in [1.807, 2.05) is 30.5 Å². The molecule has 25 heavy (non-hydrogen) atoms. The summed E-state index contributed by atoms with van der Waals surface area (Å²) < 4.78 is 6.00. The molecule has 1 aliphatic heterocycles. The van der Waals surface area contributed by atoms with E-state index in [4.69, 9.17) is 4.74 Å². The van der Waals surface area contributed by atoms with Gasteiger partial charge in [-0.1, -0.05) is 31.2 Å². The van der Waals surface area contributed by atoms with Gasteiger partial charge in [-0.3, -0.25) is 4.98 Å². The van der Waals surface area contributed by atoms with E-state index in [1.165, 1.54) is 38.0 Å². The molecule has 1 N–H and O–H groups in total. The summed E-state index contributed by atoms with van der Waals surface area (Å²) in [5, 5.41) is 3.59. The van der Waals surface area contributed by atoms with E-state index >= 15 is 0 Å². The SMILES string of the molecule is CC(CNCc1ccccc1OCc1cccnc1)CN1CCCC1. The number of benzene rings is 1. The van der Waals surface area contributed by atoms with Crippen LogP contribution in [-0.4, -0.2) is 36.1 Å². The molecule has 4 nitrogen and oxygen atoms in total. The first kappa shape index (κ1) is 17.9. The predicted octanol–water partition coefficient (Wildman–Crippen LogP) is 3.48. The largest absolute Gasteiger partial charge is 0.489 e. The molecule has 134 valence electrons. The van der Waals surface area contributed by atoms with Crippen LogP contribution >= 0.6 is 0 Å². The number of aromatic nitrogens is 1. The zero-order valence-electron chi connectivity index (χ0n) is 15.2. The zero-order chi connectivity index (χ0) is 17.3. The van der Waals surface area contributed by atoms with Crippen molar-refractivity contribution in [2.75, 3.05) is 26.2 Å². The Kier molecular flexibility index (Phi) is 6.83. The Bertz CT molecular complexity index is 626. The Labute approximate surface area is 151 Å². The molecule has 1 aromatic carbocycles. The lowest BCUT2D eigenvalue weighted by molar-refractivity contribution is 0.281. The van der Waals surface area contributed by atoms with Gasteiger partial charge in [0.25, 0.3) is 0 Å². The number of pyridine rings is 1. The van der Waals surface area contributed by atoms with Crippen LogP contribution in [0.5, 0.6) is 5.75 Å². The van der Waals surface area contributed by atoms with Gasteiger partial charge in [-0.2, -0.15) is 0 Å². The normalized spacial score (nSPS) is 16.0. The molecule has 0 spiro atoms. The number of hydrogen-bond acceptors (Lipinski definition) is 4. The molecule has 1 unspecified atom stereocenters. The topological polar surface area (TPSA) is 37.4 Å². The quantitative estimate of drug-likeness (QED) is 0.759. The molecule has 0 saturated carbocycles. The predicted molar refractivity (Wildman–Crippen MR) is 102 cm³/mol. The van der Waals surface area contributed by atoms with Gasteiger partial charge in [-0.25, -0.2) is 0 Å². The Morgan fingerprint density at radius 2 is 2.00 bits per heavy atom. The minimum Gasteiger partial charge on any atom is -0.489 e. The van der Waals surface area contributed by atoms with Gasteiger partial charge < -0.3 is 15.0 Å². The molecule has 2 aromatic rings. The van der Waals surface area contributed by atoms with Crippen molar-refractivity contribution in [3.8, 4) is 5.75 Å². The number of hydrogen-bond donors (Lipinski definition) is 1. The first-order chi connectivity index (χ1) is 12.3. The molecular formula is C21H29N3O. The van der Waals surface area contributed by atoms with Crippen molar-refractivity contribution in [2.45, 2.75) is 32.9 Å². The van der Waals surface area contributed by atoms with Crippen LogP contribution in [-0.2, 0) is 13.2 Å². The summed E-state index contributed by atoms with van der Waals surface area (Å²) in [4.78, 5) is 6.71. The van der Waals surface area contributed by atoms with Crippen LogP contribution in [0.2, 0.25) is 0 Å². The highest BCUT2D eigenvalue weighted by atomic mass is 16.5. The summed E-state index contributed by atoms with van der Waals surface area (Å²) in [5.74, 6) is 1.62. The smallest absolute Gasteiger partial charge is 0.124 e. The van der Waals surface area contributed by atoms with Crippen LogP contribution in [0, 0.1) is 5.92 Å². The molecule has 3 rings (SSSR count). The van der Waals surface area contributed by atoms with E-state index in [2.05, 4.69) is 34.3 Å². The molecule has 0 radical (unpaired) electrons. The average molecular weight is 339 g/mol. The maximum atomic E-state index is 6.00. The van der Waals surface area contributed by atoms with E-state index in [1.54, 1.807) is 6.20 Å². The number of rotatable bonds is 9. The molecule has 1 fully saturated rings. The minimum atomic E-state index is 0.552. The third-order valence-electron chi connectivity index (χ3n) is 4.67. The first-order valence-electron chi connectivity index (χ1n) is 9.34. The van der Waals surface area contributed by atoms with E-state index in [0.29, 0.717) is 12.5 Å². The fraction of sp³-hybridized carbons (Fsp3) is 0.476. The molecule has 1 saturated heterocycles. The van der Waals surface area contributed by atoms with Gasteiger partial charge in [0.15, 0.2) is 0 Å². The van der Waals surface area contributed by atoms with Crippen molar-refractivity contribution in [1.82, 2.24) is 15.2 Å². The van der Waals surface area contributed by atoms with Gasteiger partial charge in [-0.15, -0.1) is 0 Å². The molecule has 0 aliphatic carbocycles. The van der Waals surface area contributed by atoms with Crippen molar-refractivity contribution in [2.24, 2.45) is 5.92 Å². The Hall–Kier alpha value is -1.91. The van der Waals surface area contributed by atoms with E-state index in [9.17, 15) is 0 Å². The maximum Gasteiger partial charge on any atom is 0.124 e. The minimum absolute atomic E-state index is 0.552. The molecular weight excluding hydrogens is 310 g/mol. The van der Waals surface area contributed by atoms with Crippen molar-refractivity contribution >= 4 is 0 Å². The highest BCUT2D eigenvalue weighted by Gasteiger charge is 2.14. The van der Waals surface area contributed by atoms with Crippen molar-refractivity contribution < 1.29 is 4.74 Å². The summed E-state index contributed by atoms with van der Waals surface area (Å²) in [6, 6.07) is 12.2. The molecule has 0 amide bonds. The fourth-order valence-electron chi connectivity index (χ4n) is 3.36. The van der Waals surface area contributed by atoms with E-state index in [-0.39, 0.29) is 0 Å². The monoisotopic (exact) mass is 339 g/mol. The lowest BCUT2D eigenvalue weighted by Gasteiger charge is -2.20. The summed E-state index contributed by atoms with van der Waals surface area (Å²) in [6.45, 7) is 8.50. The van der Waals surface area contributed by atoms with Gasteiger partial charge >= 0.3 is 0 Å². The highest BCUT2D eigenvalue weighted by molar-refractivity contribution is 5.33. The number of likely N-dealkylation sites (tertiary alicyclic amines) is 1. The van der Waals surface area contributed by atoms with Crippen molar-refractivity contribution in [3.05, 3.63) is 59.9 Å². The second kappa shape index (κ2) is 9.54. The third-order valence-corrected chi connectivity index (χ3v) is 4.67. The third kappa shape index (κ3) is 5.83. The van der Waals surface area contributed by atoms with Crippen LogP contribution in [0.3, 0.4) is 0 Å². The van der Waals surface area contributed by atoms with Gasteiger partial charge in [-0.05, 0) is 50.5 Å². The van der Waals surface area contributed by atoms with Crippen LogP contribution in [0.25, 0.3) is 0 Å². The Morgan fingerprint density at radius 3 is 2.80 bits per heavy atom. The number of ether oxygens (including phenoxy) is 1. The van der Waals surface area contributed by atoms with Gasteiger partial charge in [0.05, 0.1) is 0 Å². The molecule has 1 atom stereocenters. The van der Waals surface area contributed by atoms with Crippen LogP contribution in [0.15, 0.2) is 48.8 Å². The Morgan fingerprint density at radius 1 is 1.16 bits per heavy atom. The van der Waals surface area contributed by atoms with Crippen molar-refractivity contribution in [1.29, 1.82) is 0 Å². The van der Waals surface area contributed by atoms with Gasteiger partial charge in [0, 0.05) is 36.6 Å². The highest BCUT2D eigenvalue weighted by Crippen LogP contribution is 2.19. The standard InChI is InChI=1S/C21H29N3O/c1-18(16-24-11-4-5-12-24)13-23-15-20-8-2-3-9-21(20)25-17-19-7-6-10-22-14-19/h2-3,6-10,14,18,23H,4-5,11-13,15-17H2,1H3. The maximum absolute atomic E-state index is 6.00. The second-order valence-electron chi connectivity index (χ2n) is 7.00. The number of nitrogens with one attached hydrogen (secondary N) is 1. The summed E-state index contributed by atoms with van der Waals surface area (Å²) in [5.41, 5.74) is 2.30. The van der Waals surface area contributed by atoms with Crippen LogP contribution in [0.4, 0.5) is 0 Å². The van der Waals surface area contributed by atoms with Crippen LogP contribution in [0.1, 0.15) is 30.9 Å². The van der Waals surface area contributed by atoms with Crippen molar-refractivity contribution in [3.63, 3.8) is 0 Å². The average Bonchev–Trinajstić information content (AvgIpc) is 3.15. The molecule has 2 heterocycles. The first-order valence-corrected chi connectivity index (χ1v) is 9.34. The fourth-order valence-corrected chi connectivity index (χ4v) is 3.36. The summed E-state index contributed by atoms with van der Waals surface area (Å²) >= 11 is 0. The lowest BCUT2D eigenvalue weighted by Crippen LogP contribution is -2.31. The molecule has 0 bridgehead atoms. The summed E-state index contributed by atoms with van der Waals surface area (Å²) in [6.07, 6.45) is 6.36. The van der Waals surface area contributed by atoms with E-state index < -0.39 is 0 Å². The molecule has 4 heteroatoms. The van der Waals surface area contributed by atoms with Crippen LogP contribution < -0.4 is 10.1 Å². The Balaban J connectivity index is 1.45. The molecule has 1 aromatic heterocycles. The molecule has 1 aliphatic rings.